The van der Waals surface area contributed by atoms with Gasteiger partial charge >= 0.3 is 0 Å². The van der Waals surface area contributed by atoms with Crippen LogP contribution in [0.4, 0.5) is 0 Å². The molecule has 0 aliphatic carbocycles. The van der Waals surface area contributed by atoms with Crippen molar-refractivity contribution in [2.24, 2.45) is 16.9 Å². The minimum absolute atomic E-state index is 0.172. The monoisotopic (exact) mass is 736 g/mol. The van der Waals surface area contributed by atoms with Crippen LogP contribution in [0.2, 0.25) is 0 Å². The van der Waals surface area contributed by atoms with E-state index in [9.17, 15) is 19.5 Å². The van der Waals surface area contributed by atoms with Crippen molar-refractivity contribution in [3.63, 3.8) is 0 Å². The number of likely N-dealkylation sites (tertiary alicyclic amines) is 1. The molecule has 2 heterocycles. The highest BCUT2D eigenvalue weighted by Crippen LogP contribution is 2.28. The van der Waals surface area contributed by atoms with Gasteiger partial charge in [0.1, 0.15) is 12.6 Å². The first-order valence-corrected chi connectivity index (χ1v) is 18.9. The van der Waals surface area contributed by atoms with E-state index in [2.05, 4.69) is 39.9 Å². The van der Waals surface area contributed by atoms with Gasteiger partial charge in [-0.25, -0.2) is 4.98 Å². The molecule has 1 fully saturated rings. The molecule has 4 rings (SSSR count). The van der Waals surface area contributed by atoms with Crippen molar-refractivity contribution in [2.75, 3.05) is 26.3 Å². The Bertz CT molecular complexity index is 1590. The first kappa shape index (κ1) is 41.0. The molecular weight excluding hydrogens is 681 g/mol. The number of benzene rings is 2. The van der Waals surface area contributed by atoms with Crippen LogP contribution in [0.15, 0.2) is 54.0 Å². The number of aliphatic hydroxyl groups excluding tert-OH is 1. The zero-order valence-corrected chi connectivity index (χ0v) is 31.9. The Morgan fingerprint density at radius 1 is 1.08 bits per heavy atom. The fraction of sp³-hybridized carbons (Fsp3) is 0.538. The standard InChI is InChI=1S/C39H56N6O6S/c1-25-36(52-24-43-25)30-12-10-28(11-13-30)19-42-20-31-18-32(46)21-45(31)38(49)37(39(3,4)5)44-35(48)23-50-17-16-27-6-8-29(9-7-27)22-51-26(2)33(40)14-15-34(41)47/h6-13,24,26,31-33,37,42,46H,14-23,40H2,1-5H3,(H2,41,47)(H,44,48)/t26-,31+,32-,33+,37-/m1/s1. The summed E-state index contributed by atoms with van der Waals surface area (Å²) in [5.41, 5.74) is 17.9. The quantitative estimate of drug-likeness (QED) is 0.115. The lowest BCUT2D eigenvalue weighted by atomic mass is 9.85. The number of aliphatic hydroxyl groups is 1. The summed E-state index contributed by atoms with van der Waals surface area (Å²) in [4.78, 5) is 45.1. The summed E-state index contributed by atoms with van der Waals surface area (Å²) >= 11 is 1.63. The summed E-state index contributed by atoms with van der Waals surface area (Å²) in [5, 5.41) is 16.9. The van der Waals surface area contributed by atoms with Gasteiger partial charge in [0.2, 0.25) is 17.7 Å². The summed E-state index contributed by atoms with van der Waals surface area (Å²) < 4.78 is 11.6. The van der Waals surface area contributed by atoms with Gasteiger partial charge in [-0.3, -0.25) is 14.4 Å². The molecule has 0 unspecified atom stereocenters. The van der Waals surface area contributed by atoms with E-state index in [1.54, 1.807) is 16.2 Å². The number of thiazole rings is 1. The molecule has 13 heteroatoms. The molecule has 12 nitrogen and oxygen atoms in total. The van der Waals surface area contributed by atoms with Crippen LogP contribution >= 0.6 is 11.3 Å². The number of rotatable bonds is 19. The van der Waals surface area contributed by atoms with E-state index in [0.29, 0.717) is 45.6 Å². The number of amides is 3. The maximum absolute atomic E-state index is 13.9. The number of aromatic nitrogens is 1. The molecule has 1 aliphatic rings. The maximum atomic E-state index is 13.9. The van der Waals surface area contributed by atoms with Crippen molar-refractivity contribution >= 4 is 29.1 Å². The van der Waals surface area contributed by atoms with Crippen LogP contribution in [-0.4, -0.2) is 89.3 Å². The zero-order chi connectivity index (χ0) is 37.8. The summed E-state index contributed by atoms with van der Waals surface area (Å²) in [6.45, 7) is 11.6. The van der Waals surface area contributed by atoms with Crippen LogP contribution in [-0.2, 0) is 43.4 Å². The van der Waals surface area contributed by atoms with E-state index in [0.717, 1.165) is 27.9 Å². The molecule has 1 aliphatic heterocycles. The Morgan fingerprint density at radius 3 is 2.38 bits per heavy atom. The summed E-state index contributed by atoms with van der Waals surface area (Å²) in [6.07, 6.45) is 0.952. The minimum atomic E-state index is -0.783. The molecule has 1 aromatic heterocycles. The highest BCUT2D eigenvalue weighted by molar-refractivity contribution is 7.13. The molecular formula is C39H56N6O6S. The second-order valence-corrected chi connectivity index (χ2v) is 15.7. The number of aryl methyl sites for hydroxylation is 1. The maximum Gasteiger partial charge on any atom is 0.246 e. The summed E-state index contributed by atoms with van der Waals surface area (Å²) in [7, 11) is 0. The van der Waals surface area contributed by atoms with E-state index in [4.69, 9.17) is 20.9 Å². The largest absolute Gasteiger partial charge is 0.391 e. The smallest absolute Gasteiger partial charge is 0.246 e. The number of nitrogens with two attached hydrogens (primary N) is 2. The molecule has 0 saturated carbocycles. The van der Waals surface area contributed by atoms with Gasteiger partial charge in [0, 0.05) is 38.1 Å². The lowest BCUT2D eigenvalue weighted by Crippen LogP contribution is -2.57. The second-order valence-electron chi connectivity index (χ2n) is 14.8. The molecule has 52 heavy (non-hydrogen) atoms. The van der Waals surface area contributed by atoms with Gasteiger partial charge in [-0.15, -0.1) is 11.3 Å². The molecule has 0 bridgehead atoms. The minimum Gasteiger partial charge on any atom is -0.391 e. The van der Waals surface area contributed by atoms with Crippen LogP contribution in [0.3, 0.4) is 0 Å². The Kier molecular flexibility index (Phi) is 15.3. The van der Waals surface area contributed by atoms with E-state index >= 15 is 0 Å². The predicted octanol–water partition coefficient (Wildman–Crippen LogP) is 3.46. The topological polar surface area (TPSA) is 182 Å². The molecule has 1 saturated heterocycles. The third kappa shape index (κ3) is 12.5. The molecule has 2 aromatic carbocycles. The van der Waals surface area contributed by atoms with Crippen LogP contribution in [0.5, 0.6) is 0 Å². The lowest BCUT2D eigenvalue weighted by molar-refractivity contribution is -0.141. The van der Waals surface area contributed by atoms with Gasteiger partial charge in [-0.1, -0.05) is 69.3 Å². The lowest BCUT2D eigenvalue weighted by Gasteiger charge is -2.35. The van der Waals surface area contributed by atoms with Crippen molar-refractivity contribution in [2.45, 2.75) is 104 Å². The average Bonchev–Trinajstić information content (AvgIpc) is 3.71. The molecule has 3 amide bonds. The molecule has 0 spiro atoms. The van der Waals surface area contributed by atoms with Crippen molar-refractivity contribution in [3.8, 4) is 10.4 Å². The number of nitrogens with one attached hydrogen (secondary N) is 2. The fourth-order valence-corrected chi connectivity index (χ4v) is 6.97. The first-order valence-electron chi connectivity index (χ1n) is 18.0. The molecule has 7 N–H and O–H groups in total. The number of nitrogens with zero attached hydrogens (tertiary/aromatic N) is 2. The molecule has 5 atom stereocenters. The second kappa shape index (κ2) is 19.4. The summed E-state index contributed by atoms with van der Waals surface area (Å²) in [5.74, 6) is -0.948. The fourth-order valence-electron chi connectivity index (χ4n) is 6.16. The average molecular weight is 737 g/mol. The Balaban J connectivity index is 1.20. The number of hydrogen-bond acceptors (Lipinski definition) is 10. The molecule has 3 aromatic rings. The predicted molar refractivity (Wildman–Crippen MR) is 203 cm³/mol. The van der Waals surface area contributed by atoms with Crippen molar-refractivity contribution in [1.29, 1.82) is 0 Å². The number of hydrogen-bond donors (Lipinski definition) is 5. The van der Waals surface area contributed by atoms with Crippen LogP contribution < -0.4 is 22.1 Å². The van der Waals surface area contributed by atoms with E-state index in [-0.39, 0.29) is 55.5 Å². The number of ether oxygens (including phenoxy) is 2. The van der Waals surface area contributed by atoms with Gasteiger partial charge in [-0.05, 0) is 60.8 Å². The Hall–Kier alpha value is -3.72. The third-order valence-corrected chi connectivity index (χ3v) is 10.4. The van der Waals surface area contributed by atoms with Crippen molar-refractivity contribution < 1.29 is 29.0 Å². The molecule has 0 radical (unpaired) electrons. The highest BCUT2D eigenvalue weighted by atomic mass is 32.1. The van der Waals surface area contributed by atoms with E-state index in [1.807, 2.05) is 64.4 Å². The van der Waals surface area contributed by atoms with Crippen molar-refractivity contribution in [1.82, 2.24) is 20.5 Å². The first-order chi connectivity index (χ1) is 24.7. The number of β-amino-alcohol motifs (C(OH)–C–C–N with tert-alkyl or cyclic N) is 1. The number of primary amides is 1. The van der Waals surface area contributed by atoms with Crippen molar-refractivity contribution in [3.05, 3.63) is 76.4 Å². The van der Waals surface area contributed by atoms with Crippen LogP contribution in [0.1, 0.15) is 69.3 Å². The highest BCUT2D eigenvalue weighted by Gasteiger charge is 2.41. The van der Waals surface area contributed by atoms with E-state index in [1.165, 1.54) is 4.88 Å². The van der Waals surface area contributed by atoms with Gasteiger partial charge in [0.15, 0.2) is 0 Å². The van der Waals surface area contributed by atoms with Gasteiger partial charge < -0.3 is 41.6 Å². The SMILES string of the molecule is Cc1ncsc1-c1ccc(CNC[C@@H]2C[C@@H](O)CN2C(=O)[C@@H](NC(=O)COCCc2ccc(CO[C@H](C)[C@@H](N)CCC(N)=O)cc2)C(C)(C)C)cc1. The van der Waals surface area contributed by atoms with Gasteiger partial charge in [-0.2, -0.15) is 0 Å². The van der Waals surface area contributed by atoms with Crippen LogP contribution in [0, 0.1) is 12.3 Å². The Labute approximate surface area is 311 Å². The molecule has 284 valence electrons. The van der Waals surface area contributed by atoms with Gasteiger partial charge in [0.05, 0.1) is 41.5 Å². The zero-order valence-electron chi connectivity index (χ0n) is 31.1. The van der Waals surface area contributed by atoms with E-state index < -0.39 is 17.6 Å². The summed E-state index contributed by atoms with van der Waals surface area (Å²) in [6, 6.07) is 15.0. The van der Waals surface area contributed by atoms with Crippen LogP contribution in [0.25, 0.3) is 10.4 Å². The third-order valence-electron chi connectivity index (χ3n) is 9.40. The normalized spacial score (nSPS) is 17.9. The number of carbonyl (C=O) groups excluding carboxylic acids is 3. The Morgan fingerprint density at radius 2 is 1.75 bits per heavy atom. The van der Waals surface area contributed by atoms with Gasteiger partial charge in [0.25, 0.3) is 0 Å². The number of carbonyl (C=O) groups is 3.